The summed E-state index contributed by atoms with van der Waals surface area (Å²) in [6, 6.07) is 10.3. The summed E-state index contributed by atoms with van der Waals surface area (Å²) < 4.78 is 0. The topological polar surface area (TPSA) is 43.7 Å². The molecule has 1 aromatic carbocycles. The molecule has 1 fully saturated rings. The van der Waals surface area contributed by atoms with Gasteiger partial charge in [-0.1, -0.05) is 60.6 Å². The summed E-state index contributed by atoms with van der Waals surface area (Å²) in [6.45, 7) is 3.06. The van der Waals surface area contributed by atoms with Gasteiger partial charge in [0.25, 0.3) is 0 Å². The first-order valence-corrected chi connectivity index (χ1v) is 11.8. The van der Waals surface area contributed by atoms with Gasteiger partial charge in [0, 0.05) is 5.92 Å². The molecule has 0 saturated heterocycles. The van der Waals surface area contributed by atoms with Gasteiger partial charge >= 0.3 is 0 Å². The van der Waals surface area contributed by atoms with Crippen molar-refractivity contribution in [1.82, 2.24) is 4.90 Å². The number of nitrogens with zero attached hydrogens (tertiary/aromatic N) is 1. The van der Waals surface area contributed by atoms with E-state index in [0.717, 1.165) is 19.3 Å². The molecule has 0 unspecified atom stereocenters. The molecule has 0 aliphatic heterocycles. The second-order valence-electron chi connectivity index (χ2n) is 10.1. The molecule has 5 atom stereocenters. The van der Waals surface area contributed by atoms with E-state index >= 15 is 0 Å². The van der Waals surface area contributed by atoms with Crippen molar-refractivity contribution in [3.8, 4) is 0 Å². The highest BCUT2D eigenvalue weighted by atomic mass is 16.3. The summed E-state index contributed by atoms with van der Waals surface area (Å²) in [5.41, 5.74) is 2.01. The number of aliphatic hydroxyl groups excluding tert-OH is 1. The Kier molecular flexibility index (Phi) is 8.33. The van der Waals surface area contributed by atoms with Crippen molar-refractivity contribution in [2.75, 3.05) is 20.6 Å². The van der Waals surface area contributed by atoms with Crippen LogP contribution in [0.15, 0.2) is 54.1 Å². The molecule has 1 saturated carbocycles. The van der Waals surface area contributed by atoms with Gasteiger partial charge in [-0.05, 0) is 89.9 Å². The summed E-state index contributed by atoms with van der Waals surface area (Å²) in [5, 5.41) is 21.5. The first-order chi connectivity index (χ1) is 14.3. The van der Waals surface area contributed by atoms with Crippen LogP contribution < -0.4 is 0 Å². The third-order valence-corrected chi connectivity index (χ3v) is 6.99. The van der Waals surface area contributed by atoms with E-state index < -0.39 is 5.60 Å². The van der Waals surface area contributed by atoms with Crippen molar-refractivity contribution in [1.29, 1.82) is 0 Å². The molecule has 0 spiro atoms. The fourth-order valence-corrected chi connectivity index (χ4v) is 5.19. The fraction of sp³-hybridized carbons (Fsp3) is 0.630. The highest BCUT2D eigenvalue weighted by molar-refractivity contribution is 5.22. The minimum atomic E-state index is -0.838. The van der Waals surface area contributed by atoms with Crippen molar-refractivity contribution in [2.24, 2.45) is 17.8 Å². The van der Waals surface area contributed by atoms with Crippen LogP contribution in [0.1, 0.15) is 57.4 Å². The summed E-state index contributed by atoms with van der Waals surface area (Å²) in [7, 11) is 4.28. The van der Waals surface area contributed by atoms with E-state index in [4.69, 9.17) is 0 Å². The molecule has 30 heavy (non-hydrogen) atoms. The predicted molar refractivity (Wildman–Crippen MR) is 125 cm³/mol. The zero-order valence-corrected chi connectivity index (χ0v) is 19.1. The van der Waals surface area contributed by atoms with Crippen LogP contribution in [-0.4, -0.2) is 47.5 Å². The lowest BCUT2D eigenvalue weighted by atomic mass is 9.87. The Morgan fingerprint density at radius 3 is 2.60 bits per heavy atom. The highest BCUT2D eigenvalue weighted by Gasteiger charge is 2.43. The number of hydrogen-bond acceptors (Lipinski definition) is 3. The Bertz CT molecular complexity index is 707. The molecule has 0 radical (unpaired) electrons. The minimum Gasteiger partial charge on any atom is -0.392 e. The molecule has 2 aliphatic rings. The maximum Gasteiger partial charge on any atom is 0.0802 e. The van der Waals surface area contributed by atoms with E-state index in [0.29, 0.717) is 18.3 Å². The van der Waals surface area contributed by atoms with Crippen molar-refractivity contribution >= 4 is 0 Å². The van der Waals surface area contributed by atoms with Crippen LogP contribution in [0.2, 0.25) is 0 Å². The van der Waals surface area contributed by atoms with Crippen LogP contribution >= 0.6 is 0 Å². The standard InChI is InChI=1S/C27H41NO2/c1-27(30,15-13-21-10-6-4-7-11-21)16-14-24-25-19-22(18-23(25)20-26(24)29)12-8-5-9-17-28(2)3/h4,6-7,10-11,14,16,18,23-26,29-30H,5,8-9,12-13,15,17,19-20H2,1-3H3/b16-14+/t23-,24+,25-,26+,27+/m0/s1. The van der Waals surface area contributed by atoms with Crippen LogP contribution in [0.3, 0.4) is 0 Å². The summed E-state index contributed by atoms with van der Waals surface area (Å²) in [6.07, 6.45) is 14.8. The maximum atomic E-state index is 10.8. The van der Waals surface area contributed by atoms with E-state index in [9.17, 15) is 10.2 Å². The van der Waals surface area contributed by atoms with Crippen molar-refractivity contribution in [3.63, 3.8) is 0 Å². The van der Waals surface area contributed by atoms with Crippen LogP contribution in [0.4, 0.5) is 0 Å². The van der Waals surface area contributed by atoms with Crippen LogP contribution in [-0.2, 0) is 6.42 Å². The van der Waals surface area contributed by atoms with Gasteiger partial charge in [-0.3, -0.25) is 0 Å². The van der Waals surface area contributed by atoms with Crippen LogP contribution in [0.5, 0.6) is 0 Å². The number of aliphatic hydroxyl groups is 2. The zero-order valence-electron chi connectivity index (χ0n) is 19.1. The summed E-state index contributed by atoms with van der Waals surface area (Å²) >= 11 is 0. The quantitative estimate of drug-likeness (QED) is 0.398. The smallest absolute Gasteiger partial charge is 0.0802 e. The van der Waals surface area contributed by atoms with Gasteiger partial charge in [-0.15, -0.1) is 0 Å². The van der Waals surface area contributed by atoms with Gasteiger partial charge in [0.2, 0.25) is 0 Å². The average molecular weight is 412 g/mol. The van der Waals surface area contributed by atoms with E-state index in [2.05, 4.69) is 43.3 Å². The lowest BCUT2D eigenvalue weighted by Crippen LogP contribution is -2.24. The van der Waals surface area contributed by atoms with Gasteiger partial charge in [0.1, 0.15) is 0 Å². The predicted octanol–water partition coefficient (Wildman–Crippen LogP) is 4.99. The van der Waals surface area contributed by atoms with Crippen LogP contribution in [0.25, 0.3) is 0 Å². The number of rotatable bonds is 11. The van der Waals surface area contributed by atoms with Gasteiger partial charge in [-0.2, -0.15) is 0 Å². The zero-order chi connectivity index (χ0) is 21.6. The number of aryl methyl sites for hydroxylation is 1. The van der Waals surface area contributed by atoms with Gasteiger partial charge in [0.15, 0.2) is 0 Å². The first kappa shape index (κ1) is 23.2. The summed E-state index contributed by atoms with van der Waals surface area (Å²) in [5.74, 6) is 1.19. The average Bonchev–Trinajstić information content (AvgIpc) is 3.21. The van der Waals surface area contributed by atoms with Crippen molar-refractivity contribution in [3.05, 3.63) is 59.7 Å². The Balaban J connectivity index is 1.47. The normalized spacial score (nSPS) is 28.1. The van der Waals surface area contributed by atoms with E-state index in [-0.39, 0.29) is 12.0 Å². The molecule has 1 aromatic rings. The maximum absolute atomic E-state index is 10.8. The number of unbranched alkanes of at least 4 members (excludes halogenated alkanes) is 2. The summed E-state index contributed by atoms with van der Waals surface area (Å²) in [4.78, 5) is 2.26. The van der Waals surface area contributed by atoms with E-state index in [1.807, 2.05) is 31.2 Å². The molecule has 0 bridgehead atoms. The van der Waals surface area contributed by atoms with Gasteiger partial charge in [-0.25, -0.2) is 0 Å². The third-order valence-electron chi connectivity index (χ3n) is 6.99. The number of fused-ring (bicyclic) bond motifs is 1. The molecule has 3 rings (SSSR count). The lowest BCUT2D eigenvalue weighted by molar-refractivity contribution is 0.0989. The molecular weight excluding hydrogens is 370 g/mol. The minimum absolute atomic E-state index is 0.167. The monoisotopic (exact) mass is 411 g/mol. The Morgan fingerprint density at radius 1 is 1.10 bits per heavy atom. The highest BCUT2D eigenvalue weighted by Crippen LogP contribution is 2.48. The largest absolute Gasteiger partial charge is 0.392 e. The molecule has 2 N–H and O–H groups in total. The molecule has 166 valence electrons. The molecule has 0 amide bonds. The molecule has 2 aliphatic carbocycles. The number of allylic oxidation sites excluding steroid dienone is 2. The third kappa shape index (κ3) is 6.80. The van der Waals surface area contributed by atoms with E-state index in [1.54, 1.807) is 5.57 Å². The Labute approximate surface area is 183 Å². The van der Waals surface area contributed by atoms with Gasteiger partial charge < -0.3 is 15.1 Å². The Morgan fingerprint density at radius 2 is 1.87 bits per heavy atom. The van der Waals surface area contributed by atoms with Crippen LogP contribution in [0, 0.1) is 17.8 Å². The molecule has 3 nitrogen and oxygen atoms in total. The second kappa shape index (κ2) is 10.7. The second-order valence-corrected chi connectivity index (χ2v) is 10.1. The molecular formula is C27H41NO2. The van der Waals surface area contributed by atoms with Crippen molar-refractivity contribution < 1.29 is 10.2 Å². The number of hydrogen-bond donors (Lipinski definition) is 2. The SMILES string of the molecule is CN(C)CCCCCC1=C[C@H]2C[C@@H](O)[C@H](/C=C/[C@](C)(O)CCc3ccccc3)[C@H]2C1. The van der Waals surface area contributed by atoms with Crippen molar-refractivity contribution in [2.45, 2.75) is 70.0 Å². The first-order valence-electron chi connectivity index (χ1n) is 11.8. The fourth-order valence-electron chi connectivity index (χ4n) is 5.19. The molecule has 0 heterocycles. The Hall–Kier alpha value is -1.42. The molecule has 0 aromatic heterocycles. The number of benzene rings is 1. The van der Waals surface area contributed by atoms with E-state index in [1.165, 1.54) is 37.8 Å². The molecule has 3 heteroatoms. The lowest BCUT2D eigenvalue weighted by Gasteiger charge is -2.23. The van der Waals surface area contributed by atoms with Gasteiger partial charge in [0.05, 0.1) is 11.7 Å².